The molecule has 0 bridgehead atoms. The molecule has 2 aliphatic heterocycles. The number of halogens is 1. The molecule has 1 aromatic carbocycles. The number of hydrogen-bond donors (Lipinski definition) is 1. The molecule has 0 radical (unpaired) electrons. The molecule has 2 heterocycles. The molecule has 3 rings (SSSR count). The smallest absolute Gasteiger partial charge is 0.0497 e. The third-order valence-corrected chi connectivity index (χ3v) is 5.41. The summed E-state index contributed by atoms with van der Waals surface area (Å²) in [5.41, 5.74) is 7.71. The van der Waals surface area contributed by atoms with Crippen molar-refractivity contribution in [3.63, 3.8) is 0 Å². The monoisotopic (exact) mass is 351 g/mol. The zero-order valence-electron chi connectivity index (χ0n) is 12.8. The Labute approximate surface area is 136 Å². The van der Waals surface area contributed by atoms with Crippen LogP contribution in [0.4, 0.5) is 0 Å². The molecule has 2 fully saturated rings. The largest absolute Gasteiger partial charge is 0.326 e. The molecule has 0 aromatic heterocycles. The summed E-state index contributed by atoms with van der Waals surface area (Å²) in [6, 6.07) is 9.86. The van der Waals surface area contributed by atoms with Gasteiger partial charge < -0.3 is 5.73 Å². The van der Waals surface area contributed by atoms with Crippen molar-refractivity contribution in [2.75, 3.05) is 26.2 Å². The molecule has 0 spiro atoms. The molecule has 0 amide bonds. The number of benzene rings is 1. The summed E-state index contributed by atoms with van der Waals surface area (Å²) in [6.07, 6.45) is 3.96. The Kier molecular flexibility index (Phi) is 4.99. The third-order valence-electron chi connectivity index (χ3n) is 4.92. The van der Waals surface area contributed by atoms with E-state index in [9.17, 15) is 0 Å². The Morgan fingerprint density at radius 2 is 2.05 bits per heavy atom. The van der Waals surface area contributed by atoms with Crippen LogP contribution in [0.15, 0.2) is 28.7 Å². The van der Waals surface area contributed by atoms with Crippen molar-refractivity contribution >= 4 is 15.9 Å². The van der Waals surface area contributed by atoms with Crippen LogP contribution in [0.2, 0.25) is 0 Å². The number of nitrogens with zero attached hydrogens (tertiary/aromatic N) is 2. The molecule has 0 aliphatic carbocycles. The highest BCUT2D eigenvalue weighted by atomic mass is 79.9. The Morgan fingerprint density at radius 1 is 1.24 bits per heavy atom. The molecule has 3 nitrogen and oxygen atoms in total. The van der Waals surface area contributed by atoms with Gasteiger partial charge in [0.05, 0.1) is 0 Å². The predicted octanol–water partition coefficient (Wildman–Crippen LogP) is 3.01. The maximum absolute atomic E-state index is 6.37. The van der Waals surface area contributed by atoms with Gasteiger partial charge in [-0.3, -0.25) is 9.80 Å². The average molecular weight is 352 g/mol. The first-order valence-electron chi connectivity index (χ1n) is 8.14. The lowest BCUT2D eigenvalue weighted by Crippen LogP contribution is -2.44. The second kappa shape index (κ2) is 6.78. The van der Waals surface area contributed by atoms with Crippen LogP contribution in [0.1, 0.15) is 37.8 Å². The van der Waals surface area contributed by atoms with Gasteiger partial charge in [0, 0.05) is 35.7 Å². The zero-order valence-corrected chi connectivity index (χ0v) is 14.4. The third kappa shape index (κ3) is 3.50. The molecule has 1 aromatic rings. The van der Waals surface area contributed by atoms with Crippen molar-refractivity contribution in [2.24, 2.45) is 5.73 Å². The van der Waals surface area contributed by atoms with Crippen molar-refractivity contribution in [1.82, 2.24) is 9.80 Å². The van der Waals surface area contributed by atoms with Crippen molar-refractivity contribution in [2.45, 2.75) is 44.3 Å². The summed E-state index contributed by atoms with van der Waals surface area (Å²) in [6.45, 7) is 7.01. The lowest BCUT2D eigenvalue weighted by atomic mass is 9.98. The fourth-order valence-electron chi connectivity index (χ4n) is 4.03. The second-order valence-corrected chi connectivity index (χ2v) is 7.46. The highest BCUT2D eigenvalue weighted by Gasteiger charge is 2.33. The number of hydrogen-bond acceptors (Lipinski definition) is 3. The Hall–Kier alpha value is -0.420. The van der Waals surface area contributed by atoms with Gasteiger partial charge in [-0.05, 0) is 57.0 Å². The highest BCUT2D eigenvalue weighted by Crippen LogP contribution is 2.30. The van der Waals surface area contributed by atoms with Crippen LogP contribution in [0.5, 0.6) is 0 Å². The van der Waals surface area contributed by atoms with E-state index >= 15 is 0 Å². The van der Waals surface area contributed by atoms with E-state index in [4.69, 9.17) is 5.73 Å². The average Bonchev–Trinajstić information content (AvgIpc) is 2.77. The molecule has 2 saturated heterocycles. The van der Waals surface area contributed by atoms with Crippen LogP contribution in [0, 0.1) is 0 Å². The molecule has 3 unspecified atom stereocenters. The van der Waals surface area contributed by atoms with Crippen molar-refractivity contribution in [3.8, 4) is 0 Å². The summed E-state index contributed by atoms with van der Waals surface area (Å²) >= 11 is 3.60. The van der Waals surface area contributed by atoms with Gasteiger partial charge in [-0.15, -0.1) is 0 Å². The number of nitrogens with two attached hydrogens (primary N) is 1. The molecule has 116 valence electrons. The summed E-state index contributed by atoms with van der Waals surface area (Å²) in [5, 5.41) is 0. The maximum atomic E-state index is 6.37. The van der Waals surface area contributed by atoms with Crippen molar-refractivity contribution in [1.29, 1.82) is 0 Å². The second-order valence-electron chi connectivity index (χ2n) is 6.54. The minimum Gasteiger partial charge on any atom is -0.326 e. The van der Waals surface area contributed by atoms with E-state index < -0.39 is 0 Å². The lowest BCUT2D eigenvalue weighted by Gasteiger charge is -2.35. The summed E-state index contributed by atoms with van der Waals surface area (Å²) in [4.78, 5) is 5.31. The van der Waals surface area contributed by atoms with E-state index in [1.54, 1.807) is 0 Å². The van der Waals surface area contributed by atoms with Crippen LogP contribution < -0.4 is 5.73 Å². The van der Waals surface area contributed by atoms with E-state index in [2.05, 4.69) is 56.9 Å². The van der Waals surface area contributed by atoms with Crippen molar-refractivity contribution in [3.05, 3.63) is 34.3 Å². The van der Waals surface area contributed by atoms with Gasteiger partial charge in [0.25, 0.3) is 0 Å². The molecule has 4 heteroatoms. The molecule has 3 atom stereocenters. The quantitative estimate of drug-likeness (QED) is 0.908. The number of fused-ring (bicyclic) bond motifs is 1. The first kappa shape index (κ1) is 15.5. The molecule has 21 heavy (non-hydrogen) atoms. The lowest BCUT2D eigenvalue weighted by molar-refractivity contribution is 0.157. The van der Waals surface area contributed by atoms with Gasteiger partial charge in [0.1, 0.15) is 0 Å². The maximum Gasteiger partial charge on any atom is 0.0497 e. The summed E-state index contributed by atoms with van der Waals surface area (Å²) in [7, 11) is 0. The van der Waals surface area contributed by atoms with Crippen LogP contribution in [-0.2, 0) is 0 Å². The fraction of sp³-hybridized carbons (Fsp3) is 0.647. The topological polar surface area (TPSA) is 32.5 Å². The predicted molar refractivity (Wildman–Crippen MR) is 91.3 cm³/mol. The Balaban J connectivity index is 1.83. The Bertz CT molecular complexity index is 477. The highest BCUT2D eigenvalue weighted by molar-refractivity contribution is 9.10. The minimum absolute atomic E-state index is 0.146. The molecule has 2 N–H and O–H groups in total. The van der Waals surface area contributed by atoms with E-state index in [0.717, 1.165) is 17.1 Å². The van der Waals surface area contributed by atoms with E-state index in [-0.39, 0.29) is 6.04 Å². The van der Waals surface area contributed by atoms with Crippen molar-refractivity contribution < 1.29 is 0 Å². The zero-order chi connectivity index (χ0) is 14.8. The number of rotatable bonds is 3. The first-order chi connectivity index (χ1) is 10.1. The van der Waals surface area contributed by atoms with Crippen LogP contribution in [0.3, 0.4) is 0 Å². The molecular formula is C17H26BrN3. The fourth-order valence-corrected chi connectivity index (χ4v) is 4.44. The van der Waals surface area contributed by atoms with Crippen LogP contribution >= 0.6 is 15.9 Å². The van der Waals surface area contributed by atoms with Gasteiger partial charge in [0.15, 0.2) is 0 Å². The summed E-state index contributed by atoms with van der Waals surface area (Å²) < 4.78 is 1.14. The van der Waals surface area contributed by atoms with E-state index in [1.165, 1.54) is 44.5 Å². The van der Waals surface area contributed by atoms with E-state index in [0.29, 0.717) is 6.04 Å². The minimum atomic E-state index is 0.146. The van der Waals surface area contributed by atoms with Gasteiger partial charge in [-0.1, -0.05) is 28.1 Å². The van der Waals surface area contributed by atoms with Crippen LogP contribution in [-0.4, -0.2) is 48.1 Å². The normalized spacial score (nSPS) is 27.1. The molecular weight excluding hydrogens is 326 g/mol. The standard InChI is InChI=1S/C17H26BrN3/c1-13(19)17(14-5-2-6-15(18)11-14)21-10-4-9-20-8-3-7-16(20)12-21/h2,5-6,11,13,16-17H,3-4,7-10,12,19H2,1H3. The van der Waals surface area contributed by atoms with Crippen LogP contribution in [0.25, 0.3) is 0 Å². The SMILES string of the molecule is CC(N)C(c1cccc(Br)c1)N1CCCN2CCCC2C1. The van der Waals surface area contributed by atoms with Gasteiger partial charge in [-0.25, -0.2) is 0 Å². The van der Waals surface area contributed by atoms with Gasteiger partial charge in [0.2, 0.25) is 0 Å². The summed E-state index contributed by atoms with van der Waals surface area (Å²) in [5.74, 6) is 0. The van der Waals surface area contributed by atoms with Gasteiger partial charge >= 0.3 is 0 Å². The molecule has 0 saturated carbocycles. The molecule has 2 aliphatic rings. The van der Waals surface area contributed by atoms with E-state index in [1.807, 2.05) is 0 Å². The Morgan fingerprint density at radius 3 is 2.81 bits per heavy atom. The first-order valence-corrected chi connectivity index (χ1v) is 8.93. The van der Waals surface area contributed by atoms with Gasteiger partial charge in [-0.2, -0.15) is 0 Å².